The minimum absolute atomic E-state index is 0.0168. The molecular weight excluding hydrogens is 256 g/mol. The molecule has 5 nitrogen and oxygen atoms in total. The van der Waals surface area contributed by atoms with Crippen LogP contribution < -0.4 is 5.32 Å². The van der Waals surface area contributed by atoms with Crippen LogP contribution in [-0.2, 0) is 13.2 Å². The van der Waals surface area contributed by atoms with Crippen LogP contribution in [0.5, 0.6) is 5.75 Å². The zero-order valence-electron chi connectivity index (χ0n) is 12.0. The molecule has 4 N–H and O–H groups in total. The molecule has 0 unspecified atom stereocenters. The van der Waals surface area contributed by atoms with Gasteiger partial charge in [0.05, 0.1) is 12.3 Å². The lowest BCUT2D eigenvalue weighted by molar-refractivity contribution is 0.128. The SMILES string of the molecule is Cc1ncc(CO)c(CNCC2(CO)CCCC2)c1O. The lowest BCUT2D eigenvalue weighted by atomic mass is 9.87. The number of rotatable bonds is 6. The number of aromatic hydroxyl groups is 1. The predicted molar refractivity (Wildman–Crippen MR) is 76.3 cm³/mol. The van der Waals surface area contributed by atoms with Crippen molar-refractivity contribution in [3.63, 3.8) is 0 Å². The maximum absolute atomic E-state index is 10.1. The Morgan fingerprint density at radius 3 is 2.60 bits per heavy atom. The van der Waals surface area contributed by atoms with Gasteiger partial charge in [-0.25, -0.2) is 0 Å². The fraction of sp³-hybridized carbons (Fsp3) is 0.667. The molecule has 1 heterocycles. The average molecular weight is 280 g/mol. The number of aromatic nitrogens is 1. The van der Waals surface area contributed by atoms with Gasteiger partial charge in [0.25, 0.3) is 0 Å². The molecule has 0 saturated heterocycles. The Hall–Kier alpha value is -1.17. The van der Waals surface area contributed by atoms with Crippen molar-refractivity contribution in [2.24, 2.45) is 5.41 Å². The molecule has 0 bridgehead atoms. The summed E-state index contributed by atoms with van der Waals surface area (Å²) in [6.07, 6.45) is 6.03. The van der Waals surface area contributed by atoms with Crippen molar-refractivity contribution in [1.82, 2.24) is 10.3 Å². The van der Waals surface area contributed by atoms with Gasteiger partial charge in [-0.3, -0.25) is 4.98 Å². The first-order chi connectivity index (χ1) is 9.62. The summed E-state index contributed by atoms with van der Waals surface area (Å²) in [5, 5.41) is 32.3. The zero-order chi connectivity index (χ0) is 14.6. The van der Waals surface area contributed by atoms with Gasteiger partial charge in [-0.05, 0) is 19.8 Å². The van der Waals surface area contributed by atoms with Crippen molar-refractivity contribution in [3.8, 4) is 5.75 Å². The van der Waals surface area contributed by atoms with Gasteiger partial charge in [0.2, 0.25) is 0 Å². The van der Waals surface area contributed by atoms with Crippen LogP contribution in [0.3, 0.4) is 0 Å². The van der Waals surface area contributed by atoms with E-state index in [-0.39, 0.29) is 24.4 Å². The van der Waals surface area contributed by atoms with Crippen molar-refractivity contribution >= 4 is 0 Å². The summed E-state index contributed by atoms with van der Waals surface area (Å²) in [5.74, 6) is 0.147. The van der Waals surface area contributed by atoms with E-state index in [1.54, 1.807) is 13.1 Å². The zero-order valence-corrected chi connectivity index (χ0v) is 12.0. The highest BCUT2D eigenvalue weighted by atomic mass is 16.3. The number of pyridine rings is 1. The topological polar surface area (TPSA) is 85.6 Å². The fourth-order valence-corrected chi connectivity index (χ4v) is 2.99. The fourth-order valence-electron chi connectivity index (χ4n) is 2.99. The van der Waals surface area contributed by atoms with Crippen LogP contribution in [0, 0.1) is 12.3 Å². The van der Waals surface area contributed by atoms with Crippen LogP contribution in [0.4, 0.5) is 0 Å². The third-order valence-electron chi connectivity index (χ3n) is 4.40. The number of nitrogens with one attached hydrogen (secondary N) is 1. The average Bonchev–Trinajstić information content (AvgIpc) is 2.93. The number of nitrogens with zero attached hydrogens (tertiary/aromatic N) is 1. The van der Waals surface area contributed by atoms with Gasteiger partial charge in [0.1, 0.15) is 5.75 Å². The van der Waals surface area contributed by atoms with E-state index in [9.17, 15) is 15.3 Å². The minimum Gasteiger partial charge on any atom is -0.506 e. The van der Waals surface area contributed by atoms with E-state index in [1.807, 2.05) is 0 Å². The Labute approximate surface area is 119 Å². The van der Waals surface area contributed by atoms with Crippen molar-refractivity contribution in [1.29, 1.82) is 0 Å². The summed E-state index contributed by atoms with van der Waals surface area (Å²) in [4.78, 5) is 4.05. The highest BCUT2D eigenvalue weighted by Crippen LogP contribution is 2.37. The Balaban J connectivity index is 2.02. The predicted octanol–water partition coefficient (Wildman–Crippen LogP) is 1.23. The maximum Gasteiger partial charge on any atom is 0.141 e. The quantitative estimate of drug-likeness (QED) is 0.630. The molecule has 1 fully saturated rings. The second kappa shape index (κ2) is 6.52. The van der Waals surface area contributed by atoms with Gasteiger partial charge >= 0.3 is 0 Å². The van der Waals surface area contributed by atoms with E-state index in [0.717, 1.165) is 19.4 Å². The molecule has 112 valence electrons. The first kappa shape index (κ1) is 15.2. The Bertz CT molecular complexity index is 457. The number of aliphatic hydroxyl groups is 2. The molecule has 0 radical (unpaired) electrons. The number of hydrogen-bond donors (Lipinski definition) is 4. The Morgan fingerprint density at radius 2 is 2.00 bits per heavy atom. The minimum atomic E-state index is -0.136. The van der Waals surface area contributed by atoms with E-state index in [0.29, 0.717) is 23.4 Å². The molecule has 5 heteroatoms. The van der Waals surface area contributed by atoms with Crippen LogP contribution in [0.25, 0.3) is 0 Å². The smallest absolute Gasteiger partial charge is 0.141 e. The molecule has 0 atom stereocenters. The van der Waals surface area contributed by atoms with E-state index in [4.69, 9.17) is 0 Å². The van der Waals surface area contributed by atoms with Crippen molar-refractivity contribution in [2.75, 3.05) is 13.2 Å². The van der Waals surface area contributed by atoms with E-state index >= 15 is 0 Å². The number of aliphatic hydroxyl groups excluding tert-OH is 2. The van der Waals surface area contributed by atoms with Crippen molar-refractivity contribution in [2.45, 2.75) is 45.8 Å². The molecule has 2 rings (SSSR count). The highest BCUT2D eigenvalue weighted by Gasteiger charge is 2.32. The molecule has 0 amide bonds. The number of aryl methyl sites for hydroxylation is 1. The summed E-state index contributed by atoms with van der Waals surface area (Å²) in [5.41, 5.74) is 1.89. The molecule has 1 aromatic heterocycles. The second-order valence-corrected chi connectivity index (χ2v) is 5.82. The Morgan fingerprint density at radius 1 is 1.30 bits per heavy atom. The molecule has 0 spiro atoms. The normalized spacial score (nSPS) is 17.6. The van der Waals surface area contributed by atoms with E-state index in [1.165, 1.54) is 12.8 Å². The summed E-state index contributed by atoms with van der Waals surface area (Å²) in [6, 6.07) is 0. The highest BCUT2D eigenvalue weighted by molar-refractivity contribution is 5.40. The van der Waals surface area contributed by atoms with Crippen molar-refractivity contribution < 1.29 is 15.3 Å². The Kier molecular flexibility index (Phi) is 4.96. The van der Waals surface area contributed by atoms with Crippen LogP contribution in [0.15, 0.2) is 6.20 Å². The van der Waals surface area contributed by atoms with Gasteiger partial charge in [-0.1, -0.05) is 12.8 Å². The molecule has 1 aliphatic rings. The van der Waals surface area contributed by atoms with E-state index in [2.05, 4.69) is 10.3 Å². The summed E-state index contributed by atoms with van der Waals surface area (Å²) < 4.78 is 0. The molecule has 1 aromatic rings. The lowest BCUT2D eigenvalue weighted by Crippen LogP contribution is -2.35. The van der Waals surface area contributed by atoms with Crippen LogP contribution in [0.1, 0.15) is 42.5 Å². The third-order valence-corrected chi connectivity index (χ3v) is 4.40. The summed E-state index contributed by atoms with van der Waals surface area (Å²) in [6.45, 7) is 3.02. The molecule has 1 saturated carbocycles. The molecule has 0 aromatic carbocycles. The second-order valence-electron chi connectivity index (χ2n) is 5.82. The van der Waals surface area contributed by atoms with Gasteiger partial charge in [0.15, 0.2) is 0 Å². The van der Waals surface area contributed by atoms with Crippen LogP contribution in [0.2, 0.25) is 0 Å². The standard InChI is InChI=1S/C15H24N2O3/c1-11-14(20)13(12(8-18)6-17-11)7-16-9-15(10-19)4-2-3-5-15/h6,16,18-20H,2-5,7-10H2,1H3. The largest absolute Gasteiger partial charge is 0.506 e. The van der Waals surface area contributed by atoms with Crippen LogP contribution in [-0.4, -0.2) is 33.5 Å². The molecule has 0 aliphatic heterocycles. The molecule has 1 aliphatic carbocycles. The molecule has 20 heavy (non-hydrogen) atoms. The van der Waals surface area contributed by atoms with E-state index < -0.39 is 0 Å². The van der Waals surface area contributed by atoms with Gasteiger partial charge in [-0.2, -0.15) is 0 Å². The number of hydrogen-bond acceptors (Lipinski definition) is 5. The van der Waals surface area contributed by atoms with Gasteiger partial charge in [0, 0.05) is 42.4 Å². The van der Waals surface area contributed by atoms with Gasteiger partial charge < -0.3 is 20.6 Å². The lowest BCUT2D eigenvalue weighted by Gasteiger charge is -2.27. The maximum atomic E-state index is 10.1. The first-order valence-electron chi connectivity index (χ1n) is 7.20. The molecular formula is C15H24N2O3. The first-order valence-corrected chi connectivity index (χ1v) is 7.20. The van der Waals surface area contributed by atoms with Crippen molar-refractivity contribution in [3.05, 3.63) is 23.0 Å². The van der Waals surface area contributed by atoms with Gasteiger partial charge in [-0.15, -0.1) is 0 Å². The monoisotopic (exact) mass is 280 g/mol. The summed E-state index contributed by atoms with van der Waals surface area (Å²) >= 11 is 0. The van der Waals surface area contributed by atoms with Crippen LogP contribution >= 0.6 is 0 Å². The summed E-state index contributed by atoms with van der Waals surface area (Å²) in [7, 11) is 0. The third kappa shape index (κ3) is 3.11.